The number of nitrogens with zero attached hydrogens (tertiary/aromatic N) is 3. The van der Waals surface area contributed by atoms with Crippen LogP contribution in [0.25, 0.3) is 0 Å². The molecule has 0 aromatic heterocycles. The summed E-state index contributed by atoms with van der Waals surface area (Å²) < 4.78 is 0. The molecule has 29 heavy (non-hydrogen) atoms. The van der Waals surface area contributed by atoms with Gasteiger partial charge in [0, 0.05) is 42.6 Å². The topological polar surface area (TPSA) is 43.9 Å². The first-order chi connectivity index (χ1) is 13.8. The molecule has 2 aliphatic rings. The van der Waals surface area contributed by atoms with Crippen LogP contribution in [0.15, 0.2) is 42.5 Å². The molecule has 0 radical (unpaired) electrons. The fourth-order valence-electron chi connectivity index (χ4n) is 4.23. The second-order valence-electron chi connectivity index (χ2n) is 8.38. The third-order valence-electron chi connectivity index (χ3n) is 6.00. The normalized spacial score (nSPS) is 18.2. The van der Waals surface area contributed by atoms with Gasteiger partial charge in [0.2, 0.25) is 11.8 Å². The zero-order chi connectivity index (χ0) is 20.8. The van der Waals surface area contributed by atoms with Crippen LogP contribution < -0.4 is 9.80 Å². The van der Waals surface area contributed by atoms with Crippen molar-refractivity contribution in [1.82, 2.24) is 4.90 Å². The number of carbonyl (C=O) groups excluding carboxylic acids is 2. The average molecular weight is 412 g/mol. The lowest BCUT2D eigenvalue weighted by atomic mass is 9.85. The minimum Gasteiger partial charge on any atom is -0.368 e. The molecule has 0 bridgehead atoms. The Morgan fingerprint density at radius 1 is 1.07 bits per heavy atom. The molecule has 2 amide bonds. The van der Waals surface area contributed by atoms with E-state index in [-0.39, 0.29) is 18.4 Å². The van der Waals surface area contributed by atoms with E-state index in [1.54, 1.807) is 4.90 Å². The van der Waals surface area contributed by atoms with Crippen molar-refractivity contribution in [3.63, 3.8) is 0 Å². The van der Waals surface area contributed by atoms with Crippen molar-refractivity contribution in [3.8, 4) is 0 Å². The summed E-state index contributed by atoms with van der Waals surface area (Å²) in [7, 11) is 0. The van der Waals surface area contributed by atoms with E-state index in [1.807, 2.05) is 62.1 Å². The molecule has 5 nitrogen and oxygen atoms in total. The van der Waals surface area contributed by atoms with Crippen LogP contribution in [0.2, 0.25) is 5.02 Å². The molecule has 0 aliphatic carbocycles. The Morgan fingerprint density at radius 3 is 2.48 bits per heavy atom. The van der Waals surface area contributed by atoms with Gasteiger partial charge in [-0.25, -0.2) is 0 Å². The van der Waals surface area contributed by atoms with E-state index in [9.17, 15) is 9.59 Å². The standard InChI is InChI=1S/C23H26ClN3O2/c1-16-7-8-20-19(13-16)23(2,3)22(29)27(20)15-21(28)26-11-9-25(10-12-26)18-6-4-5-17(24)14-18/h4-8,13-14H,9-12,15H2,1-3H3. The zero-order valence-electron chi connectivity index (χ0n) is 17.1. The number of anilines is 2. The molecule has 1 fully saturated rings. The van der Waals surface area contributed by atoms with Gasteiger partial charge in [-0.2, -0.15) is 0 Å². The largest absolute Gasteiger partial charge is 0.368 e. The van der Waals surface area contributed by atoms with Crippen molar-refractivity contribution in [1.29, 1.82) is 0 Å². The van der Waals surface area contributed by atoms with Crippen LogP contribution >= 0.6 is 11.6 Å². The second kappa shape index (κ2) is 7.38. The molecule has 0 unspecified atom stereocenters. The fourth-order valence-corrected chi connectivity index (χ4v) is 4.41. The molecular weight excluding hydrogens is 386 g/mol. The Bertz CT molecular complexity index is 964. The average Bonchev–Trinajstić information content (AvgIpc) is 2.88. The first-order valence-electron chi connectivity index (χ1n) is 9.99. The maximum Gasteiger partial charge on any atom is 0.242 e. The number of benzene rings is 2. The SMILES string of the molecule is Cc1ccc2c(c1)C(C)(C)C(=O)N2CC(=O)N1CCN(c2cccc(Cl)c2)CC1. The number of fused-ring (bicyclic) bond motifs is 1. The van der Waals surface area contributed by atoms with Crippen molar-refractivity contribution in [2.45, 2.75) is 26.2 Å². The Labute approximate surface area is 176 Å². The van der Waals surface area contributed by atoms with Crippen LogP contribution in [0, 0.1) is 6.92 Å². The highest BCUT2D eigenvalue weighted by atomic mass is 35.5. The number of hydrogen-bond acceptors (Lipinski definition) is 3. The third kappa shape index (κ3) is 3.60. The van der Waals surface area contributed by atoms with Gasteiger partial charge in [-0.15, -0.1) is 0 Å². The maximum atomic E-state index is 13.0. The number of carbonyl (C=O) groups is 2. The van der Waals surface area contributed by atoms with Gasteiger partial charge < -0.3 is 14.7 Å². The van der Waals surface area contributed by atoms with E-state index < -0.39 is 5.41 Å². The first kappa shape index (κ1) is 19.8. The Morgan fingerprint density at radius 2 is 1.79 bits per heavy atom. The van der Waals surface area contributed by atoms with Crippen LogP contribution in [0.1, 0.15) is 25.0 Å². The van der Waals surface area contributed by atoms with Crippen molar-refractivity contribution < 1.29 is 9.59 Å². The van der Waals surface area contributed by atoms with Crippen LogP contribution in [0.4, 0.5) is 11.4 Å². The van der Waals surface area contributed by atoms with E-state index in [0.29, 0.717) is 18.1 Å². The molecule has 2 aliphatic heterocycles. The summed E-state index contributed by atoms with van der Waals surface area (Å²) in [4.78, 5) is 31.7. The summed E-state index contributed by atoms with van der Waals surface area (Å²) >= 11 is 6.10. The molecular formula is C23H26ClN3O2. The van der Waals surface area contributed by atoms with Gasteiger partial charge in [0.05, 0.1) is 5.41 Å². The Balaban J connectivity index is 1.44. The van der Waals surface area contributed by atoms with E-state index in [0.717, 1.165) is 35.6 Å². The highest BCUT2D eigenvalue weighted by Crippen LogP contribution is 2.41. The number of rotatable bonds is 3. The highest BCUT2D eigenvalue weighted by Gasteiger charge is 2.44. The zero-order valence-corrected chi connectivity index (χ0v) is 17.9. The molecule has 2 aromatic rings. The van der Waals surface area contributed by atoms with Crippen LogP contribution in [0.3, 0.4) is 0 Å². The smallest absolute Gasteiger partial charge is 0.242 e. The molecule has 0 atom stereocenters. The molecule has 0 spiro atoms. The quantitative estimate of drug-likeness (QED) is 0.774. The molecule has 152 valence electrons. The van der Waals surface area contributed by atoms with Gasteiger partial charge in [0.15, 0.2) is 0 Å². The summed E-state index contributed by atoms with van der Waals surface area (Å²) in [6.45, 7) is 8.75. The third-order valence-corrected chi connectivity index (χ3v) is 6.23. The lowest BCUT2D eigenvalue weighted by Crippen LogP contribution is -2.52. The molecule has 2 aromatic carbocycles. The summed E-state index contributed by atoms with van der Waals surface area (Å²) in [5.41, 5.74) is 3.45. The molecule has 0 saturated carbocycles. The maximum absolute atomic E-state index is 13.0. The molecule has 4 rings (SSSR count). The van der Waals surface area contributed by atoms with Gasteiger partial charge >= 0.3 is 0 Å². The van der Waals surface area contributed by atoms with Crippen molar-refractivity contribution in [2.24, 2.45) is 0 Å². The minimum atomic E-state index is -0.604. The van der Waals surface area contributed by atoms with Gasteiger partial charge in [-0.1, -0.05) is 35.4 Å². The molecule has 1 saturated heterocycles. The second-order valence-corrected chi connectivity index (χ2v) is 8.82. The van der Waals surface area contributed by atoms with Crippen LogP contribution in [-0.4, -0.2) is 49.4 Å². The van der Waals surface area contributed by atoms with Crippen LogP contribution in [0.5, 0.6) is 0 Å². The number of halogens is 1. The predicted molar refractivity (Wildman–Crippen MR) is 117 cm³/mol. The predicted octanol–water partition coefficient (Wildman–Crippen LogP) is 3.62. The number of piperazine rings is 1. The number of aryl methyl sites for hydroxylation is 1. The van der Waals surface area contributed by atoms with E-state index in [1.165, 1.54) is 0 Å². The lowest BCUT2D eigenvalue weighted by Gasteiger charge is -2.37. The lowest BCUT2D eigenvalue weighted by molar-refractivity contribution is -0.132. The minimum absolute atomic E-state index is 0.00619. The number of amides is 2. The summed E-state index contributed by atoms with van der Waals surface area (Å²) in [5.74, 6) is -0.0164. The summed E-state index contributed by atoms with van der Waals surface area (Å²) in [5, 5.41) is 0.713. The van der Waals surface area contributed by atoms with Gasteiger partial charge in [-0.05, 0) is 50.6 Å². The number of hydrogen-bond donors (Lipinski definition) is 0. The highest BCUT2D eigenvalue weighted by molar-refractivity contribution is 6.30. The van der Waals surface area contributed by atoms with Crippen molar-refractivity contribution in [2.75, 3.05) is 42.5 Å². The molecule has 6 heteroatoms. The van der Waals surface area contributed by atoms with E-state index in [4.69, 9.17) is 11.6 Å². The molecule has 0 N–H and O–H groups in total. The van der Waals surface area contributed by atoms with Crippen molar-refractivity contribution in [3.05, 3.63) is 58.6 Å². The first-order valence-corrected chi connectivity index (χ1v) is 10.4. The summed E-state index contributed by atoms with van der Waals surface area (Å²) in [6.07, 6.45) is 0. The summed E-state index contributed by atoms with van der Waals surface area (Å²) in [6, 6.07) is 13.8. The van der Waals surface area contributed by atoms with E-state index in [2.05, 4.69) is 11.0 Å². The molecule has 2 heterocycles. The van der Waals surface area contributed by atoms with Crippen molar-refractivity contribution >= 4 is 34.8 Å². The van der Waals surface area contributed by atoms with Crippen LogP contribution in [-0.2, 0) is 15.0 Å². The fraction of sp³-hybridized carbons (Fsp3) is 0.391. The Kier molecular flexibility index (Phi) is 5.03. The Hall–Kier alpha value is -2.53. The van der Waals surface area contributed by atoms with Gasteiger partial charge in [-0.3, -0.25) is 9.59 Å². The van der Waals surface area contributed by atoms with E-state index >= 15 is 0 Å². The monoisotopic (exact) mass is 411 g/mol. The van der Waals surface area contributed by atoms with Gasteiger partial charge in [0.25, 0.3) is 0 Å². The van der Waals surface area contributed by atoms with Gasteiger partial charge in [0.1, 0.15) is 6.54 Å².